The lowest BCUT2D eigenvalue weighted by atomic mass is 10.1. The van der Waals surface area contributed by atoms with Crippen LogP contribution in [0, 0.1) is 0 Å². The van der Waals surface area contributed by atoms with Gasteiger partial charge in [-0.3, -0.25) is 14.5 Å². The van der Waals surface area contributed by atoms with Crippen molar-refractivity contribution in [2.24, 2.45) is 0 Å². The van der Waals surface area contributed by atoms with E-state index in [1.807, 2.05) is 18.7 Å². The number of morpholine rings is 1. The van der Waals surface area contributed by atoms with Gasteiger partial charge in [0, 0.05) is 45.3 Å². The van der Waals surface area contributed by atoms with Crippen LogP contribution in [-0.4, -0.2) is 97.8 Å². The smallest absolute Gasteiger partial charge is 0.282 e. The van der Waals surface area contributed by atoms with Crippen molar-refractivity contribution >= 4 is 27.7 Å². The lowest BCUT2D eigenvalue weighted by Crippen LogP contribution is -2.57. The number of amides is 2. The fourth-order valence-electron chi connectivity index (χ4n) is 4.27. The molecular formula is C22H33N5O5S. The summed E-state index contributed by atoms with van der Waals surface area (Å²) in [5.74, 6) is -0.409. The Balaban J connectivity index is 1.29. The SMILES string of the molecule is C[C@@H]1CN(S(=O)(=O)N2CCN(CC(=O)Nc3ccccc3C(=O)NC3CC3)CC2)C[C@@H](C)O1. The number of hydrogen-bond donors (Lipinski definition) is 2. The number of anilines is 1. The van der Waals surface area contributed by atoms with Crippen LogP contribution in [0.15, 0.2) is 24.3 Å². The number of ether oxygens (including phenoxy) is 1. The van der Waals surface area contributed by atoms with E-state index >= 15 is 0 Å². The molecule has 1 aromatic carbocycles. The fourth-order valence-corrected chi connectivity index (χ4v) is 6.02. The number of para-hydroxylation sites is 1. The number of carbonyl (C=O) groups is 2. The van der Waals surface area contributed by atoms with Gasteiger partial charge in [0.15, 0.2) is 0 Å². The van der Waals surface area contributed by atoms with Gasteiger partial charge in [0.2, 0.25) is 5.91 Å². The molecule has 0 spiro atoms. The molecule has 1 saturated carbocycles. The molecular weight excluding hydrogens is 446 g/mol. The molecule has 2 N–H and O–H groups in total. The lowest BCUT2D eigenvalue weighted by Gasteiger charge is -2.40. The summed E-state index contributed by atoms with van der Waals surface area (Å²) >= 11 is 0. The van der Waals surface area contributed by atoms with E-state index in [1.165, 1.54) is 8.61 Å². The van der Waals surface area contributed by atoms with Gasteiger partial charge in [-0.05, 0) is 38.8 Å². The molecule has 1 aromatic rings. The van der Waals surface area contributed by atoms with Crippen molar-refractivity contribution in [1.29, 1.82) is 0 Å². The molecule has 0 bridgehead atoms. The van der Waals surface area contributed by atoms with Crippen LogP contribution in [0.2, 0.25) is 0 Å². The molecule has 2 atom stereocenters. The summed E-state index contributed by atoms with van der Waals surface area (Å²) in [6, 6.07) is 7.20. The van der Waals surface area contributed by atoms with E-state index in [9.17, 15) is 18.0 Å². The predicted octanol–water partition coefficient (Wildman–Crippen LogP) is 0.489. The number of hydrogen-bond acceptors (Lipinski definition) is 6. The van der Waals surface area contributed by atoms with E-state index in [0.717, 1.165) is 12.8 Å². The Labute approximate surface area is 195 Å². The number of nitrogens with zero attached hydrogens (tertiary/aromatic N) is 3. The van der Waals surface area contributed by atoms with Crippen LogP contribution in [0.4, 0.5) is 5.69 Å². The second-order valence-electron chi connectivity index (χ2n) is 9.10. The van der Waals surface area contributed by atoms with Gasteiger partial charge in [-0.2, -0.15) is 17.0 Å². The normalized spacial score (nSPS) is 25.5. The first-order valence-corrected chi connectivity index (χ1v) is 12.9. The van der Waals surface area contributed by atoms with Gasteiger partial charge in [0.1, 0.15) is 0 Å². The summed E-state index contributed by atoms with van der Waals surface area (Å²) in [6.45, 7) is 6.18. The summed E-state index contributed by atoms with van der Waals surface area (Å²) in [4.78, 5) is 27.0. The molecule has 3 fully saturated rings. The van der Waals surface area contributed by atoms with Gasteiger partial charge in [-0.15, -0.1) is 0 Å². The highest BCUT2D eigenvalue weighted by atomic mass is 32.2. The zero-order chi connectivity index (χ0) is 23.6. The first-order chi connectivity index (χ1) is 15.7. The average Bonchev–Trinajstić information content (AvgIpc) is 3.57. The maximum absolute atomic E-state index is 13.0. The minimum absolute atomic E-state index is 0.136. The van der Waals surface area contributed by atoms with Crippen LogP contribution < -0.4 is 10.6 Å². The van der Waals surface area contributed by atoms with Gasteiger partial charge in [0.05, 0.1) is 30.0 Å². The fraction of sp³-hybridized carbons (Fsp3) is 0.636. The quantitative estimate of drug-likeness (QED) is 0.589. The summed E-state index contributed by atoms with van der Waals surface area (Å²) in [5, 5.41) is 5.78. The monoisotopic (exact) mass is 479 g/mol. The van der Waals surface area contributed by atoms with Gasteiger partial charge >= 0.3 is 0 Å². The molecule has 0 aromatic heterocycles. The minimum Gasteiger partial charge on any atom is -0.373 e. The summed E-state index contributed by atoms with van der Waals surface area (Å²) in [6.07, 6.45) is 1.71. The predicted molar refractivity (Wildman–Crippen MR) is 124 cm³/mol. The summed E-state index contributed by atoms with van der Waals surface area (Å²) < 4.78 is 34.7. The van der Waals surface area contributed by atoms with Gasteiger partial charge < -0.3 is 15.4 Å². The molecule has 182 valence electrons. The Morgan fingerprint density at radius 2 is 1.64 bits per heavy atom. The Morgan fingerprint density at radius 3 is 2.27 bits per heavy atom. The molecule has 10 nitrogen and oxygen atoms in total. The molecule has 11 heteroatoms. The molecule has 2 heterocycles. The van der Waals surface area contributed by atoms with Crippen molar-refractivity contribution < 1.29 is 22.7 Å². The zero-order valence-electron chi connectivity index (χ0n) is 19.2. The third-order valence-electron chi connectivity index (χ3n) is 6.10. The van der Waals surface area contributed by atoms with Crippen LogP contribution in [0.1, 0.15) is 37.0 Å². The highest BCUT2D eigenvalue weighted by Gasteiger charge is 2.37. The number of nitrogens with one attached hydrogen (secondary N) is 2. The molecule has 2 amide bonds. The third-order valence-corrected chi connectivity index (χ3v) is 8.06. The van der Waals surface area contributed by atoms with Crippen molar-refractivity contribution in [3.63, 3.8) is 0 Å². The van der Waals surface area contributed by atoms with Gasteiger partial charge in [-0.1, -0.05) is 12.1 Å². The number of carbonyl (C=O) groups excluding carboxylic acids is 2. The standard InChI is InChI=1S/C22H33N5O5S/c1-16-13-27(14-17(2)32-16)33(30,31)26-11-9-25(10-12-26)15-21(28)24-20-6-4-3-5-19(20)22(29)23-18-7-8-18/h3-6,16-18H,7-15H2,1-2H3,(H,23,29)(H,24,28)/t16-,17-/m1/s1. The van der Waals surface area contributed by atoms with Gasteiger partial charge in [-0.25, -0.2) is 0 Å². The Hall–Kier alpha value is -2.05. The van der Waals surface area contributed by atoms with E-state index in [-0.39, 0.29) is 36.6 Å². The molecule has 2 aliphatic heterocycles. The van der Waals surface area contributed by atoms with E-state index in [4.69, 9.17) is 4.74 Å². The van der Waals surface area contributed by atoms with Crippen LogP contribution in [-0.2, 0) is 19.7 Å². The molecule has 0 unspecified atom stereocenters. The maximum atomic E-state index is 13.0. The number of benzene rings is 1. The molecule has 3 aliphatic rings. The van der Waals surface area contributed by atoms with Crippen LogP contribution in [0.25, 0.3) is 0 Å². The zero-order valence-corrected chi connectivity index (χ0v) is 20.0. The topological polar surface area (TPSA) is 111 Å². The van der Waals surface area contributed by atoms with Crippen LogP contribution in [0.3, 0.4) is 0 Å². The first-order valence-electron chi connectivity index (χ1n) is 11.5. The second-order valence-corrected chi connectivity index (χ2v) is 11.0. The maximum Gasteiger partial charge on any atom is 0.282 e. The lowest BCUT2D eigenvalue weighted by molar-refractivity contribution is -0.117. The average molecular weight is 480 g/mol. The molecule has 33 heavy (non-hydrogen) atoms. The van der Waals surface area contributed by atoms with E-state index in [2.05, 4.69) is 10.6 Å². The molecule has 1 aliphatic carbocycles. The number of piperazine rings is 1. The minimum atomic E-state index is -3.56. The van der Waals surface area contributed by atoms with Crippen LogP contribution in [0.5, 0.6) is 0 Å². The van der Waals surface area contributed by atoms with Crippen LogP contribution >= 0.6 is 0 Å². The van der Waals surface area contributed by atoms with Crippen molar-refractivity contribution in [3.05, 3.63) is 29.8 Å². The second kappa shape index (κ2) is 10.1. The Bertz CT molecular complexity index is 965. The Morgan fingerprint density at radius 1 is 1.00 bits per heavy atom. The highest BCUT2D eigenvalue weighted by Crippen LogP contribution is 2.22. The molecule has 4 rings (SSSR count). The largest absolute Gasteiger partial charge is 0.373 e. The molecule has 0 radical (unpaired) electrons. The molecule has 2 saturated heterocycles. The van der Waals surface area contributed by atoms with E-state index in [0.29, 0.717) is 50.5 Å². The van der Waals surface area contributed by atoms with Crippen molar-refractivity contribution in [1.82, 2.24) is 18.8 Å². The van der Waals surface area contributed by atoms with E-state index in [1.54, 1.807) is 24.3 Å². The Kier molecular flexibility index (Phi) is 7.34. The van der Waals surface area contributed by atoms with Crippen molar-refractivity contribution in [2.45, 2.75) is 44.9 Å². The highest BCUT2D eigenvalue weighted by molar-refractivity contribution is 7.86. The summed E-state index contributed by atoms with van der Waals surface area (Å²) in [7, 11) is -3.56. The van der Waals surface area contributed by atoms with E-state index < -0.39 is 10.2 Å². The van der Waals surface area contributed by atoms with Crippen molar-refractivity contribution in [3.8, 4) is 0 Å². The van der Waals surface area contributed by atoms with Gasteiger partial charge in [0.25, 0.3) is 16.1 Å². The first kappa shape index (κ1) is 24.1. The summed E-state index contributed by atoms with van der Waals surface area (Å²) in [5.41, 5.74) is 0.931. The third kappa shape index (κ3) is 6.10. The van der Waals surface area contributed by atoms with Crippen molar-refractivity contribution in [2.75, 3.05) is 51.1 Å². The number of rotatable bonds is 7.